The van der Waals surface area contributed by atoms with Crippen molar-refractivity contribution in [2.45, 2.75) is 58.5 Å². The summed E-state index contributed by atoms with van der Waals surface area (Å²) in [5, 5.41) is 9.10. The predicted molar refractivity (Wildman–Crippen MR) is 77.1 cm³/mol. The fourth-order valence-corrected chi connectivity index (χ4v) is 1.72. The highest BCUT2D eigenvalue weighted by molar-refractivity contribution is 5.86. The highest BCUT2D eigenvalue weighted by Crippen LogP contribution is 2.17. The zero-order valence-corrected chi connectivity index (χ0v) is 13.5. The van der Waals surface area contributed by atoms with E-state index >= 15 is 0 Å². The molecule has 0 aromatic heterocycles. The molecule has 0 saturated heterocycles. The van der Waals surface area contributed by atoms with Gasteiger partial charge in [0.1, 0.15) is 11.4 Å². The van der Waals surface area contributed by atoms with E-state index in [-0.39, 0.29) is 37.9 Å². The van der Waals surface area contributed by atoms with Crippen LogP contribution >= 0.6 is 0 Å². The molecule has 0 spiro atoms. The number of carbonyl (C=O) groups is 4. The Morgan fingerprint density at radius 2 is 1.59 bits per heavy atom. The molecule has 0 aliphatic carbocycles. The molecule has 0 fully saturated rings. The van der Waals surface area contributed by atoms with E-state index in [1.165, 1.54) is 7.11 Å². The number of ketones is 1. The van der Waals surface area contributed by atoms with E-state index in [0.29, 0.717) is 0 Å². The van der Waals surface area contributed by atoms with Gasteiger partial charge in [-0.2, -0.15) is 0 Å². The molecule has 0 aromatic carbocycles. The fraction of sp³-hybridized carbons (Fsp3) is 0.733. The number of ether oxygens (including phenoxy) is 2. The molecule has 1 N–H and O–H groups in total. The summed E-state index contributed by atoms with van der Waals surface area (Å²) in [5.41, 5.74) is -0.633. The van der Waals surface area contributed by atoms with E-state index < -0.39 is 29.4 Å². The van der Waals surface area contributed by atoms with Crippen molar-refractivity contribution < 1.29 is 33.8 Å². The van der Waals surface area contributed by atoms with Gasteiger partial charge in [0.05, 0.1) is 19.4 Å². The summed E-state index contributed by atoms with van der Waals surface area (Å²) in [6.45, 7) is 5.15. The molecule has 1 unspecified atom stereocenters. The van der Waals surface area contributed by atoms with Crippen LogP contribution in [0, 0.1) is 5.92 Å². The van der Waals surface area contributed by atoms with Crippen LogP contribution in [0.2, 0.25) is 0 Å². The zero-order chi connectivity index (χ0) is 17.3. The number of methoxy groups -OCH3 is 1. The van der Waals surface area contributed by atoms with E-state index in [0.717, 1.165) is 0 Å². The van der Waals surface area contributed by atoms with Gasteiger partial charge in [0.25, 0.3) is 0 Å². The first kappa shape index (κ1) is 20.1. The Morgan fingerprint density at radius 1 is 1.00 bits per heavy atom. The number of aliphatic carboxylic acids is 1. The van der Waals surface area contributed by atoms with Crippen LogP contribution in [-0.2, 0) is 28.7 Å². The molecule has 1 atom stereocenters. The predicted octanol–water partition coefficient (Wildman–Crippen LogP) is 1.72. The number of carbonyl (C=O) groups excluding carboxylic acids is 3. The van der Waals surface area contributed by atoms with Crippen molar-refractivity contribution in [3.63, 3.8) is 0 Å². The number of Topliss-reactive ketones (excluding diaryl/α,β-unsaturated/α-hetero) is 1. The largest absolute Gasteiger partial charge is 0.481 e. The third-order valence-corrected chi connectivity index (χ3v) is 2.78. The molecule has 7 heteroatoms. The Morgan fingerprint density at radius 3 is 2.05 bits per heavy atom. The van der Waals surface area contributed by atoms with E-state index in [1.54, 1.807) is 20.8 Å². The minimum Gasteiger partial charge on any atom is -0.481 e. The summed E-state index contributed by atoms with van der Waals surface area (Å²) in [5.74, 6) is -3.47. The minimum absolute atomic E-state index is 0.0220. The van der Waals surface area contributed by atoms with Crippen LogP contribution < -0.4 is 0 Å². The summed E-state index contributed by atoms with van der Waals surface area (Å²) in [6, 6.07) is 0. The molecule has 0 bridgehead atoms. The lowest BCUT2D eigenvalue weighted by Crippen LogP contribution is -2.25. The van der Waals surface area contributed by atoms with Crippen molar-refractivity contribution in [2.24, 2.45) is 5.92 Å². The van der Waals surface area contributed by atoms with Gasteiger partial charge in [0.2, 0.25) is 0 Å². The third-order valence-electron chi connectivity index (χ3n) is 2.78. The van der Waals surface area contributed by atoms with Gasteiger partial charge >= 0.3 is 17.9 Å². The third kappa shape index (κ3) is 9.90. The number of carboxylic acids is 1. The average molecular weight is 316 g/mol. The Kier molecular flexibility index (Phi) is 8.37. The second-order valence-corrected chi connectivity index (χ2v) is 5.98. The first-order chi connectivity index (χ1) is 10.0. The quantitative estimate of drug-likeness (QED) is 0.645. The van der Waals surface area contributed by atoms with Crippen LogP contribution in [0.25, 0.3) is 0 Å². The van der Waals surface area contributed by atoms with Gasteiger partial charge < -0.3 is 14.6 Å². The van der Waals surface area contributed by atoms with Gasteiger partial charge in [-0.1, -0.05) is 0 Å². The van der Waals surface area contributed by atoms with Crippen molar-refractivity contribution in [3.05, 3.63) is 0 Å². The van der Waals surface area contributed by atoms with Crippen LogP contribution in [-0.4, -0.2) is 41.5 Å². The van der Waals surface area contributed by atoms with Gasteiger partial charge in [-0.05, 0) is 27.2 Å². The van der Waals surface area contributed by atoms with Gasteiger partial charge in [-0.25, -0.2) is 0 Å². The number of hydrogen-bond acceptors (Lipinski definition) is 6. The first-order valence-electron chi connectivity index (χ1n) is 7.08. The maximum Gasteiger partial charge on any atom is 0.306 e. The monoisotopic (exact) mass is 316 g/mol. The Balaban J connectivity index is 4.32. The van der Waals surface area contributed by atoms with Crippen molar-refractivity contribution in [3.8, 4) is 0 Å². The van der Waals surface area contributed by atoms with E-state index in [4.69, 9.17) is 9.84 Å². The molecule has 7 nitrogen and oxygen atoms in total. The van der Waals surface area contributed by atoms with E-state index in [9.17, 15) is 19.2 Å². The lowest BCUT2D eigenvalue weighted by Gasteiger charge is -2.20. The molecule has 126 valence electrons. The van der Waals surface area contributed by atoms with Crippen molar-refractivity contribution >= 4 is 23.7 Å². The Labute approximate surface area is 130 Å². The lowest BCUT2D eigenvalue weighted by atomic mass is 9.95. The van der Waals surface area contributed by atoms with E-state index in [1.807, 2.05) is 0 Å². The number of hydrogen-bond donors (Lipinski definition) is 1. The maximum absolute atomic E-state index is 11.7. The van der Waals surface area contributed by atoms with Crippen LogP contribution in [0.4, 0.5) is 0 Å². The normalized spacial score (nSPS) is 12.4. The number of rotatable bonds is 9. The maximum atomic E-state index is 11.7. The number of carboxylic acid groups (broad SMARTS) is 1. The topological polar surface area (TPSA) is 107 Å². The molecule has 0 rings (SSSR count). The molecule has 0 heterocycles. The molecule has 0 aliphatic heterocycles. The second-order valence-electron chi connectivity index (χ2n) is 5.98. The molecule has 0 aromatic rings. The molecule has 22 heavy (non-hydrogen) atoms. The second kappa shape index (κ2) is 9.17. The summed E-state index contributed by atoms with van der Waals surface area (Å²) >= 11 is 0. The lowest BCUT2D eigenvalue weighted by molar-refractivity contribution is -0.155. The molecule has 0 radical (unpaired) electrons. The Bertz CT molecular complexity index is 420. The molecule has 0 saturated carbocycles. The summed E-state index contributed by atoms with van der Waals surface area (Å²) in [6.07, 6.45) is -0.404. The number of esters is 2. The summed E-state index contributed by atoms with van der Waals surface area (Å²) in [4.78, 5) is 45.3. The van der Waals surface area contributed by atoms with E-state index in [2.05, 4.69) is 4.74 Å². The zero-order valence-electron chi connectivity index (χ0n) is 13.5. The highest BCUT2D eigenvalue weighted by Gasteiger charge is 2.24. The van der Waals surface area contributed by atoms with Gasteiger partial charge in [0.15, 0.2) is 0 Å². The van der Waals surface area contributed by atoms with Crippen LogP contribution in [0.15, 0.2) is 0 Å². The highest BCUT2D eigenvalue weighted by atomic mass is 16.6. The molecule has 0 amide bonds. The fourth-order valence-electron chi connectivity index (χ4n) is 1.72. The molecular weight excluding hydrogens is 292 g/mol. The standard InChI is InChI=1S/C15H24O7/c1-15(2,3)22-13(18)7-5-10(14(19)20)9-11(16)6-8-12(17)21-4/h10H,5-9H2,1-4H3,(H,19,20). The minimum atomic E-state index is -1.14. The van der Waals surface area contributed by atoms with Gasteiger partial charge in [0, 0.05) is 19.3 Å². The summed E-state index contributed by atoms with van der Waals surface area (Å²) in [7, 11) is 1.22. The molecule has 0 aliphatic rings. The SMILES string of the molecule is COC(=O)CCC(=O)CC(CCC(=O)OC(C)(C)C)C(=O)O. The van der Waals surface area contributed by atoms with Gasteiger partial charge in [-0.3, -0.25) is 19.2 Å². The van der Waals surface area contributed by atoms with Crippen LogP contribution in [0.5, 0.6) is 0 Å². The first-order valence-corrected chi connectivity index (χ1v) is 7.08. The van der Waals surface area contributed by atoms with Crippen LogP contribution in [0.3, 0.4) is 0 Å². The van der Waals surface area contributed by atoms with Crippen LogP contribution in [0.1, 0.15) is 52.9 Å². The van der Waals surface area contributed by atoms with Crippen molar-refractivity contribution in [2.75, 3.05) is 7.11 Å². The molecular formula is C15H24O7. The van der Waals surface area contributed by atoms with Gasteiger partial charge in [-0.15, -0.1) is 0 Å². The van der Waals surface area contributed by atoms with Crippen molar-refractivity contribution in [1.29, 1.82) is 0 Å². The van der Waals surface area contributed by atoms with Crippen molar-refractivity contribution in [1.82, 2.24) is 0 Å². The Hall–Kier alpha value is -1.92. The summed E-state index contributed by atoms with van der Waals surface area (Å²) < 4.78 is 9.50. The smallest absolute Gasteiger partial charge is 0.306 e. The average Bonchev–Trinajstić information content (AvgIpc) is 2.38.